The summed E-state index contributed by atoms with van der Waals surface area (Å²) >= 11 is 1.75. The summed E-state index contributed by atoms with van der Waals surface area (Å²) in [6.45, 7) is 1.88. The first kappa shape index (κ1) is 18.9. The predicted octanol–water partition coefficient (Wildman–Crippen LogP) is 4.15. The van der Waals surface area contributed by atoms with Crippen LogP contribution < -0.4 is 10.1 Å². The zero-order valence-electron chi connectivity index (χ0n) is 16.1. The quantitative estimate of drug-likeness (QED) is 0.681. The molecule has 2 aromatic carbocycles. The summed E-state index contributed by atoms with van der Waals surface area (Å²) in [5.41, 5.74) is 2.12. The summed E-state index contributed by atoms with van der Waals surface area (Å²) in [5, 5.41) is 4.17. The van der Waals surface area contributed by atoms with E-state index in [1.165, 1.54) is 11.1 Å². The lowest BCUT2D eigenvalue weighted by Gasteiger charge is -2.33. The van der Waals surface area contributed by atoms with Crippen molar-refractivity contribution in [3.05, 3.63) is 59.1 Å². The summed E-state index contributed by atoms with van der Waals surface area (Å²) < 4.78 is 6.39. The van der Waals surface area contributed by atoms with Crippen molar-refractivity contribution in [2.24, 2.45) is 0 Å². The highest BCUT2D eigenvalue weighted by Crippen LogP contribution is 2.35. The fourth-order valence-electron chi connectivity index (χ4n) is 3.68. The second-order valence-corrected chi connectivity index (χ2v) is 8.19. The Kier molecular flexibility index (Phi) is 5.88. The lowest BCUT2D eigenvalue weighted by Crippen LogP contribution is -2.41. The van der Waals surface area contributed by atoms with E-state index in [4.69, 9.17) is 9.72 Å². The minimum atomic E-state index is 0.0591. The number of ether oxygens (including phenoxy) is 1. The van der Waals surface area contributed by atoms with Crippen molar-refractivity contribution < 1.29 is 9.53 Å². The Morgan fingerprint density at radius 3 is 2.82 bits per heavy atom. The molecule has 1 amide bonds. The van der Waals surface area contributed by atoms with Gasteiger partial charge in [-0.25, -0.2) is 4.98 Å². The number of rotatable bonds is 6. The molecule has 0 radical (unpaired) electrons. The number of aromatic nitrogens is 1. The Hall–Kier alpha value is -2.44. The van der Waals surface area contributed by atoms with Crippen LogP contribution in [-0.4, -0.2) is 36.0 Å². The predicted molar refractivity (Wildman–Crippen MR) is 113 cm³/mol. The van der Waals surface area contributed by atoms with Gasteiger partial charge in [0.25, 0.3) is 0 Å². The van der Waals surface area contributed by atoms with Crippen molar-refractivity contribution in [2.75, 3.05) is 20.2 Å². The number of carbonyl (C=O) groups excluding carboxylic acids is 1. The van der Waals surface area contributed by atoms with Gasteiger partial charge in [0.1, 0.15) is 10.8 Å². The van der Waals surface area contributed by atoms with Gasteiger partial charge in [0.15, 0.2) is 0 Å². The molecule has 0 saturated carbocycles. The molecule has 1 aliphatic rings. The number of amides is 1. The molecule has 1 fully saturated rings. The molecule has 3 aromatic rings. The van der Waals surface area contributed by atoms with Crippen molar-refractivity contribution in [1.29, 1.82) is 0 Å². The molecule has 2 heterocycles. The number of hydrogen-bond acceptors (Lipinski definition) is 5. The van der Waals surface area contributed by atoms with Crippen LogP contribution in [0.2, 0.25) is 0 Å². The summed E-state index contributed by atoms with van der Waals surface area (Å²) in [6, 6.07) is 16.3. The third-order valence-electron chi connectivity index (χ3n) is 5.20. The highest BCUT2D eigenvalue weighted by atomic mass is 32.1. The molecule has 28 heavy (non-hydrogen) atoms. The normalized spacial score (nSPS) is 17.5. The molecule has 0 aliphatic carbocycles. The van der Waals surface area contributed by atoms with E-state index in [0.717, 1.165) is 41.2 Å². The number of benzene rings is 2. The fourth-order valence-corrected chi connectivity index (χ4v) is 4.81. The van der Waals surface area contributed by atoms with E-state index < -0.39 is 0 Å². The van der Waals surface area contributed by atoms with Gasteiger partial charge in [0.2, 0.25) is 5.91 Å². The molecule has 4 rings (SSSR count). The second-order valence-electron chi connectivity index (χ2n) is 7.13. The molecule has 1 aromatic heterocycles. The van der Waals surface area contributed by atoms with E-state index in [-0.39, 0.29) is 11.9 Å². The molecule has 1 N–H and O–H groups in total. The van der Waals surface area contributed by atoms with Crippen LogP contribution in [0.5, 0.6) is 5.75 Å². The standard InChI is InChI=1S/C22H25N3O2S/c1-27-17-11-9-16(10-12-17)14-23-21(26)15-25-13-5-4-7-19(25)22-24-18-6-2-3-8-20(18)28-22/h2-3,6,8-12,19H,4-5,7,13-15H2,1H3,(H,23,26)/t19-/m1/s1. The van der Waals surface area contributed by atoms with Crippen molar-refractivity contribution >= 4 is 27.5 Å². The van der Waals surface area contributed by atoms with E-state index in [0.29, 0.717) is 13.1 Å². The molecule has 0 unspecified atom stereocenters. The number of likely N-dealkylation sites (tertiary alicyclic amines) is 1. The molecule has 0 spiro atoms. The van der Waals surface area contributed by atoms with Crippen LogP contribution in [0.15, 0.2) is 48.5 Å². The maximum Gasteiger partial charge on any atom is 0.234 e. The smallest absolute Gasteiger partial charge is 0.234 e. The van der Waals surface area contributed by atoms with Crippen molar-refractivity contribution in [1.82, 2.24) is 15.2 Å². The molecule has 6 heteroatoms. The number of nitrogens with zero attached hydrogens (tertiary/aromatic N) is 2. The van der Waals surface area contributed by atoms with Gasteiger partial charge in [-0.15, -0.1) is 11.3 Å². The number of fused-ring (bicyclic) bond motifs is 1. The molecule has 0 bridgehead atoms. The first-order valence-electron chi connectivity index (χ1n) is 9.72. The lowest BCUT2D eigenvalue weighted by atomic mass is 10.0. The SMILES string of the molecule is COc1ccc(CNC(=O)CN2CCCC[C@@H]2c2nc3ccccc3s2)cc1. The Morgan fingerprint density at radius 1 is 1.21 bits per heavy atom. The van der Waals surface area contributed by atoms with Gasteiger partial charge in [0, 0.05) is 6.54 Å². The van der Waals surface area contributed by atoms with Crippen LogP contribution in [0.4, 0.5) is 0 Å². The van der Waals surface area contributed by atoms with Gasteiger partial charge >= 0.3 is 0 Å². The first-order valence-corrected chi connectivity index (χ1v) is 10.5. The van der Waals surface area contributed by atoms with Crippen molar-refractivity contribution in [2.45, 2.75) is 31.8 Å². The number of hydrogen-bond donors (Lipinski definition) is 1. The Labute approximate surface area is 169 Å². The number of piperidine rings is 1. The molecule has 1 saturated heterocycles. The van der Waals surface area contributed by atoms with Crippen LogP contribution in [-0.2, 0) is 11.3 Å². The number of methoxy groups -OCH3 is 1. The summed E-state index contributed by atoms with van der Waals surface area (Å²) in [7, 11) is 1.65. The van der Waals surface area contributed by atoms with Crippen LogP contribution >= 0.6 is 11.3 Å². The van der Waals surface area contributed by atoms with Crippen LogP contribution in [0.25, 0.3) is 10.2 Å². The van der Waals surface area contributed by atoms with Gasteiger partial charge in [-0.2, -0.15) is 0 Å². The minimum Gasteiger partial charge on any atom is -0.497 e. The highest BCUT2D eigenvalue weighted by Gasteiger charge is 2.28. The molecule has 1 aliphatic heterocycles. The van der Waals surface area contributed by atoms with Crippen molar-refractivity contribution in [3.8, 4) is 5.75 Å². The van der Waals surface area contributed by atoms with Crippen molar-refractivity contribution in [3.63, 3.8) is 0 Å². The van der Waals surface area contributed by atoms with Crippen LogP contribution in [0.3, 0.4) is 0 Å². The minimum absolute atomic E-state index is 0.0591. The van der Waals surface area contributed by atoms with E-state index in [1.807, 2.05) is 30.3 Å². The van der Waals surface area contributed by atoms with E-state index in [1.54, 1.807) is 18.4 Å². The van der Waals surface area contributed by atoms with Gasteiger partial charge in [-0.1, -0.05) is 30.7 Å². The first-order chi connectivity index (χ1) is 13.7. The zero-order chi connectivity index (χ0) is 19.3. The highest BCUT2D eigenvalue weighted by molar-refractivity contribution is 7.18. The Balaban J connectivity index is 1.39. The molecule has 5 nitrogen and oxygen atoms in total. The maximum atomic E-state index is 12.6. The number of para-hydroxylation sites is 1. The van der Waals surface area contributed by atoms with Gasteiger partial charge < -0.3 is 10.1 Å². The maximum absolute atomic E-state index is 12.6. The lowest BCUT2D eigenvalue weighted by molar-refractivity contribution is -0.123. The average Bonchev–Trinajstić information content (AvgIpc) is 3.17. The largest absolute Gasteiger partial charge is 0.497 e. The van der Waals surface area contributed by atoms with E-state index >= 15 is 0 Å². The Morgan fingerprint density at radius 2 is 2.04 bits per heavy atom. The number of carbonyl (C=O) groups is 1. The molecular formula is C22H25N3O2S. The summed E-state index contributed by atoms with van der Waals surface area (Å²) in [6.07, 6.45) is 3.38. The summed E-state index contributed by atoms with van der Waals surface area (Å²) in [5.74, 6) is 0.880. The summed E-state index contributed by atoms with van der Waals surface area (Å²) in [4.78, 5) is 19.7. The molecule has 146 valence electrons. The van der Waals surface area contributed by atoms with Gasteiger partial charge in [0.05, 0.1) is 29.9 Å². The molecular weight excluding hydrogens is 370 g/mol. The topological polar surface area (TPSA) is 54.5 Å². The average molecular weight is 396 g/mol. The van der Waals surface area contributed by atoms with Gasteiger partial charge in [-0.05, 0) is 49.2 Å². The fraction of sp³-hybridized carbons (Fsp3) is 0.364. The number of nitrogens with one attached hydrogen (secondary N) is 1. The van der Waals surface area contributed by atoms with Gasteiger partial charge in [-0.3, -0.25) is 9.69 Å². The van der Waals surface area contributed by atoms with E-state index in [2.05, 4.69) is 28.4 Å². The van der Waals surface area contributed by atoms with Crippen LogP contribution in [0.1, 0.15) is 35.9 Å². The monoisotopic (exact) mass is 395 g/mol. The van der Waals surface area contributed by atoms with E-state index in [9.17, 15) is 4.79 Å². The third-order valence-corrected chi connectivity index (χ3v) is 6.34. The Bertz CT molecular complexity index is 905. The molecule has 1 atom stereocenters. The zero-order valence-corrected chi connectivity index (χ0v) is 16.9. The third kappa shape index (κ3) is 4.34. The number of thiazole rings is 1. The van der Waals surface area contributed by atoms with Crippen LogP contribution in [0, 0.1) is 0 Å². The second kappa shape index (κ2) is 8.71.